The molecule has 1 aromatic heterocycles. The van der Waals surface area contributed by atoms with E-state index in [1.54, 1.807) is 30.0 Å². The monoisotopic (exact) mass is 379 g/mol. The zero-order chi connectivity index (χ0) is 16.9. The molecule has 7 heteroatoms. The van der Waals surface area contributed by atoms with Crippen molar-refractivity contribution in [2.75, 3.05) is 18.1 Å². The second-order valence-electron chi connectivity index (χ2n) is 4.99. The van der Waals surface area contributed by atoms with E-state index in [1.165, 1.54) is 0 Å². The second-order valence-corrected chi connectivity index (χ2v) is 6.91. The lowest BCUT2D eigenvalue weighted by Gasteiger charge is -2.09. The van der Waals surface area contributed by atoms with E-state index in [9.17, 15) is 0 Å². The maximum atomic E-state index is 6.06. The van der Waals surface area contributed by atoms with Crippen LogP contribution in [0, 0.1) is 0 Å². The van der Waals surface area contributed by atoms with Gasteiger partial charge in [0.15, 0.2) is 5.75 Å². The number of nitrogens with two attached hydrogens (primary N) is 1. The van der Waals surface area contributed by atoms with Gasteiger partial charge in [0, 0.05) is 11.1 Å². The highest BCUT2D eigenvalue weighted by atomic mass is 35.5. The molecule has 0 bridgehead atoms. The normalized spacial score (nSPS) is 10.9. The molecule has 0 spiro atoms. The molecule has 0 aliphatic carbocycles. The van der Waals surface area contributed by atoms with Crippen molar-refractivity contribution in [3.05, 3.63) is 58.3 Å². The number of anilines is 1. The standard InChI is InChI=1S/C17H15Cl2N3OS/c18-12-5-3-6-13(19)16(12)23-8-9-24-10-15-21-14-7-2-1-4-11(14)17(20)22-15/h1-7H,8-10H2,(H2,20,21,22). The first-order chi connectivity index (χ1) is 11.6. The Kier molecular flexibility index (Phi) is 5.66. The molecule has 4 nitrogen and oxygen atoms in total. The Balaban J connectivity index is 1.54. The van der Waals surface area contributed by atoms with Gasteiger partial charge in [0.25, 0.3) is 0 Å². The molecular weight excluding hydrogens is 365 g/mol. The van der Waals surface area contributed by atoms with Gasteiger partial charge in [-0.2, -0.15) is 11.8 Å². The van der Waals surface area contributed by atoms with Gasteiger partial charge in [-0.1, -0.05) is 41.4 Å². The van der Waals surface area contributed by atoms with Crippen LogP contribution in [0.15, 0.2) is 42.5 Å². The van der Waals surface area contributed by atoms with Crippen molar-refractivity contribution in [3.63, 3.8) is 0 Å². The van der Waals surface area contributed by atoms with Gasteiger partial charge in [0.05, 0.1) is 27.9 Å². The fraction of sp³-hybridized carbons (Fsp3) is 0.176. The average Bonchev–Trinajstić information content (AvgIpc) is 2.57. The Labute approximate surface area is 154 Å². The molecule has 0 amide bonds. The molecule has 3 aromatic rings. The molecule has 0 saturated carbocycles. The van der Waals surface area contributed by atoms with Crippen LogP contribution in [0.4, 0.5) is 5.82 Å². The first kappa shape index (κ1) is 17.1. The van der Waals surface area contributed by atoms with Gasteiger partial charge >= 0.3 is 0 Å². The molecule has 1 heterocycles. The number of aromatic nitrogens is 2. The van der Waals surface area contributed by atoms with E-state index in [4.69, 9.17) is 33.7 Å². The van der Waals surface area contributed by atoms with Gasteiger partial charge in [-0.3, -0.25) is 0 Å². The van der Waals surface area contributed by atoms with Crippen LogP contribution in [0.3, 0.4) is 0 Å². The van der Waals surface area contributed by atoms with E-state index >= 15 is 0 Å². The maximum Gasteiger partial charge on any atom is 0.156 e. The van der Waals surface area contributed by atoms with E-state index in [0.29, 0.717) is 39.8 Å². The lowest BCUT2D eigenvalue weighted by molar-refractivity contribution is 0.344. The first-order valence-electron chi connectivity index (χ1n) is 7.31. The quantitative estimate of drug-likeness (QED) is 0.621. The number of benzene rings is 2. The second kappa shape index (κ2) is 7.92. The number of ether oxygens (including phenoxy) is 1. The summed E-state index contributed by atoms with van der Waals surface area (Å²) in [5.74, 6) is 3.17. The van der Waals surface area contributed by atoms with E-state index in [-0.39, 0.29) is 0 Å². The van der Waals surface area contributed by atoms with Crippen molar-refractivity contribution < 1.29 is 4.74 Å². The molecule has 124 valence electrons. The molecule has 24 heavy (non-hydrogen) atoms. The summed E-state index contributed by atoms with van der Waals surface area (Å²) in [7, 11) is 0. The number of fused-ring (bicyclic) bond motifs is 1. The van der Waals surface area contributed by atoms with Crippen molar-refractivity contribution in [1.82, 2.24) is 9.97 Å². The summed E-state index contributed by atoms with van der Waals surface area (Å²) in [5, 5.41) is 1.90. The van der Waals surface area contributed by atoms with Crippen molar-refractivity contribution in [2.24, 2.45) is 0 Å². The highest BCUT2D eigenvalue weighted by Gasteiger charge is 2.07. The predicted molar refractivity (Wildman–Crippen MR) is 102 cm³/mol. The number of halogens is 2. The molecule has 0 atom stereocenters. The fourth-order valence-corrected chi connectivity index (χ4v) is 3.37. The average molecular weight is 380 g/mol. The Hall–Kier alpha value is -1.69. The van der Waals surface area contributed by atoms with E-state index in [0.717, 1.165) is 16.7 Å². The Morgan fingerprint density at radius 3 is 2.54 bits per heavy atom. The van der Waals surface area contributed by atoms with Crippen LogP contribution in [-0.4, -0.2) is 22.3 Å². The highest BCUT2D eigenvalue weighted by Crippen LogP contribution is 2.32. The van der Waals surface area contributed by atoms with Crippen LogP contribution in [0.2, 0.25) is 10.0 Å². The van der Waals surface area contributed by atoms with Crippen LogP contribution < -0.4 is 10.5 Å². The van der Waals surface area contributed by atoms with Gasteiger partial charge in [0.2, 0.25) is 0 Å². The highest BCUT2D eigenvalue weighted by molar-refractivity contribution is 7.98. The Bertz CT molecular complexity index is 840. The van der Waals surface area contributed by atoms with Crippen molar-refractivity contribution >= 4 is 51.7 Å². The summed E-state index contributed by atoms with van der Waals surface area (Å²) in [4.78, 5) is 8.87. The first-order valence-corrected chi connectivity index (χ1v) is 9.22. The van der Waals surface area contributed by atoms with Crippen LogP contribution in [0.5, 0.6) is 5.75 Å². The lowest BCUT2D eigenvalue weighted by Crippen LogP contribution is -2.03. The molecule has 0 fully saturated rings. The third-order valence-electron chi connectivity index (χ3n) is 3.30. The van der Waals surface area contributed by atoms with Crippen molar-refractivity contribution in [1.29, 1.82) is 0 Å². The molecule has 0 unspecified atom stereocenters. The smallest absolute Gasteiger partial charge is 0.156 e. The van der Waals surface area contributed by atoms with Crippen LogP contribution >= 0.6 is 35.0 Å². The van der Waals surface area contributed by atoms with E-state index < -0.39 is 0 Å². The van der Waals surface area contributed by atoms with Gasteiger partial charge in [-0.25, -0.2) is 9.97 Å². The maximum absolute atomic E-state index is 6.06. The van der Waals surface area contributed by atoms with E-state index in [1.807, 2.05) is 24.3 Å². The molecule has 0 aliphatic rings. The number of hydrogen-bond acceptors (Lipinski definition) is 5. The zero-order valence-corrected chi connectivity index (χ0v) is 15.0. The SMILES string of the molecule is Nc1nc(CSCCOc2c(Cl)cccc2Cl)nc2ccccc12. The van der Waals surface area contributed by atoms with Gasteiger partial charge in [-0.15, -0.1) is 0 Å². The summed E-state index contributed by atoms with van der Waals surface area (Å²) in [6.45, 7) is 0.497. The molecule has 3 rings (SSSR count). The third kappa shape index (κ3) is 4.04. The minimum Gasteiger partial charge on any atom is -0.490 e. The van der Waals surface area contributed by atoms with Crippen LogP contribution in [-0.2, 0) is 5.75 Å². The van der Waals surface area contributed by atoms with Crippen LogP contribution in [0.25, 0.3) is 10.9 Å². The predicted octanol–water partition coefficient (Wildman–Crippen LogP) is 4.83. The minimum absolute atomic E-state index is 0.497. The number of thioether (sulfide) groups is 1. The number of nitrogen functional groups attached to an aromatic ring is 1. The lowest BCUT2D eigenvalue weighted by atomic mass is 10.2. The number of para-hydroxylation sites is 2. The minimum atomic E-state index is 0.497. The number of rotatable bonds is 6. The fourth-order valence-electron chi connectivity index (χ4n) is 2.20. The summed E-state index contributed by atoms with van der Waals surface area (Å²) in [5.41, 5.74) is 6.84. The molecule has 2 aromatic carbocycles. The van der Waals surface area contributed by atoms with Gasteiger partial charge in [-0.05, 0) is 24.3 Å². The topological polar surface area (TPSA) is 61.0 Å². The Morgan fingerprint density at radius 2 is 1.75 bits per heavy atom. The summed E-state index contributed by atoms with van der Waals surface area (Å²) in [6.07, 6.45) is 0. The zero-order valence-electron chi connectivity index (χ0n) is 12.7. The number of hydrogen-bond donors (Lipinski definition) is 1. The molecule has 0 radical (unpaired) electrons. The van der Waals surface area contributed by atoms with E-state index in [2.05, 4.69) is 9.97 Å². The summed E-state index contributed by atoms with van der Waals surface area (Å²) < 4.78 is 5.65. The van der Waals surface area contributed by atoms with Gasteiger partial charge in [0.1, 0.15) is 11.6 Å². The Morgan fingerprint density at radius 1 is 1.00 bits per heavy atom. The summed E-state index contributed by atoms with van der Waals surface area (Å²) in [6, 6.07) is 13.0. The molecular formula is C17H15Cl2N3OS. The molecule has 0 aliphatic heterocycles. The largest absolute Gasteiger partial charge is 0.490 e. The molecule has 2 N–H and O–H groups in total. The van der Waals surface area contributed by atoms with Crippen molar-refractivity contribution in [3.8, 4) is 5.75 Å². The molecule has 0 saturated heterocycles. The number of nitrogens with zero attached hydrogens (tertiary/aromatic N) is 2. The van der Waals surface area contributed by atoms with Gasteiger partial charge < -0.3 is 10.5 Å². The van der Waals surface area contributed by atoms with Crippen molar-refractivity contribution in [2.45, 2.75) is 5.75 Å². The summed E-state index contributed by atoms with van der Waals surface area (Å²) >= 11 is 13.8. The van der Waals surface area contributed by atoms with Crippen LogP contribution in [0.1, 0.15) is 5.82 Å². The third-order valence-corrected chi connectivity index (χ3v) is 4.82.